The van der Waals surface area contributed by atoms with Crippen LogP contribution in [-0.4, -0.2) is 16.1 Å². The molecule has 0 saturated carbocycles. The van der Waals surface area contributed by atoms with E-state index in [9.17, 15) is 4.21 Å². The second-order valence-corrected chi connectivity index (χ2v) is 7.16. The molecule has 0 bridgehead atoms. The molecular weight excluding hydrogens is 234 g/mol. The molecule has 0 fully saturated rings. The topological polar surface area (TPSA) is 52.3 Å². The molecule has 3 nitrogen and oxygen atoms in total. The lowest BCUT2D eigenvalue weighted by atomic mass is 10.1. The van der Waals surface area contributed by atoms with Crippen molar-refractivity contribution in [2.75, 3.05) is 7.11 Å². The molecule has 0 aliphatic heterocycles. The van der Waals surface area contributed by atoms with Gasteiger partial charge in [0.1, 0.15) is 5.75 Å². The molecule has 96 valence electrons. The lowest BCUT2D eigenvalue weighted by Gasteiger charge is -2.18. The molecule has 0 aliphatic carbocycles. The van der Waals surface area contributed by atoms with Gasteiger partial charge in [0.15, 0.2) is 0 Å². The number of rotatable bonds is 4. The summed E-state index contributed by atoms with van der Waals surface area (Å²) in [5.74, 6) is 1.32. The summed E-state index contributed by atoms with van der Waals surface area (Å²) in [6, 6.07) is 5.83. The summed E-state index contributed by atoms with van der Waals surface area (Å²) in [5.41, 5.74) is 7.60. The zero-order valence-electron chi connectivity index (χ0n) is 10.9. The van der Waals surface area contributed by atoms with Crippen LogP contribution in [0.4, 0.5) is 0 Å². The lowest BCUT2D eigenvalue weighted by Crippen LogP contribution is -2.23. The molecule has 17 heavy (non-hydrogen) atoms. The molecule has 1 rings (SSSR count). The van der Waals surface area contributed by atoms with Gasteiger partial charge in [0.25, 0.3) is 0 Å². The van der Waals surface area contributed by atoms with Gasteiger partial charge in [-0.3, -0.25) is 4.21 Å². The molecule has 0 spiro atoms. The minimum Gasteiger partial charge on any atom is -0.496 e. The Kier molecular flexibility index (Phi) is 4.71. The van der Waals surface area contributed by atoms with Crippen molar-refractivity contribution in [2.24, 2.45) is 5.73 Å². The van der Waals surface area contributed by atoms with E-state index in [1.807, 2.05) is 39.0 Å². The predicted molar refractivity (Wildman–Crippen MR) is 72.5 cm³/mol. The smallest absolute Gasteiger partial charge is 0.123 e. The van der Waals surface area contributed by atoms with Gasteiger partial charge in [-0.25, -0.2) is 0 Å². The van der Waals surface area contributed by atoms with E-state index in [0.29, 0.717) is 12.3 Å². The first kappa shape index (κ1) is 14.2. The molecule has 1 atom stereocenters. The molecule has 0 radical (unpaired) electrons. The monoisotopic (exact) mass is 255 g/mol. The van der Waals surface area contributed by atoms with Crippen LogP contribution in [0, 0.1) is 0 Å². The van der Waals surface area contributed by atoms with Gasteiger partial charge in [-0.15, -0.1) is 0 Å². The molecule has 0 aliphatic rings. The van der Waals surface area contributed by atoms with Crippen molar-refractivity contribution in [3.63, 3.8) is 0 Å². The highest BCUT2D eigenvalue weighted by Crippen LogP contribution is 2.23. The van der Waals surface area contributed by atoms with E-state index in [0.717, 1.165) is 16.9 Å². The van der Waals surface area contributed by atoms with Crippen LogP contribution in [0.15, 0.2) is 18.2 Å². The highest BCUT2D eigenvalue weighted by atomic mass is 32.2. The maximum Gasteiger partial charge on any atom is 0.123 e. The van der Waals surface area contributed by atoms with Gasteiger partial charge in [0.05, 0.1) is 7.11 Å². The molecule has 0 amide bonds. The molecule has 0 aromatic heterocycles. The molecular formula is C13H21NO2S. The molecule has 2 N–H and O–H groups in total. The van der Waals surface area contributed by atoms with Crippen LogP contribution in [0.1, 0.15) is 31.9 Å². The van der Waals surface area contributed by atoms with Crippen molar-refractivity contribution >= 4 is 10.8 Å². The molecule has 1 unspecified atom stereocenters. The second kappa shape index (κ2) is 5.65. The third-order valence-electron chi connectivity index (χ3n) is 2.55. The van der Waals surface area contributed by atoms with Crippen molar-refractivity contribution in [3.8, 4) is 5.75 Å². The maximum atomic E-state index is 12.0. The van der Waals surface area contributed by atoms with Crippen LogP contribution in [-0.2, 0) is 23.1 Å². The first-order valence-electron chi connectivity index (χ1n) is 5.63. The summed E-state index contributed by atoms with van der Waals surface area (Å²) in [6.07, 6.45) is 0. The Balaban J connectivity index is 2.90. The first-order chi connectivity index (χ1) is 7.88. The van der Waals surface area contributed by atoms with Crippen molar-refractivity contribution < 1.29 is 8.95 Å². The van der Waals surface area contributed by atoms with E-state index in [1.54, 1.807) is 7.11 Å². The third-order valence-corrected chi connectivity index (χ3v) is 4.51. The van der Waals surface area contributed by atoms with Crippen molar-refractivity contribution in [1.82, 2.24) is 0 Å². The van der Waals surface area contributed by atoms with Crippen LogP contribution < -0.4 is 10.5 Å². The Hall–Kier alpha value is -0.870. The highest BCUT2D eigenvalue weighted by molar-refractivity contribution is 7.85. The van der Waals surface area contributed by atoms with Gasteiger partial charge in [-0.1, -0.05) is 12.1 Å². The second-order valence-electron chi connectivity index (χ2n) is 4.95. The summed E-state index contributed by atoms with van der Waals surface area (Å²) >= 11 is 0. The van der Waals surface area contributed by atoms with E-state index in [1.165, 1.54) is 0 Å². The number of hydrogen-bond donors (Lipinski definition) is 1. The van der Waals surface area contributed by atoms with Crippen molar-refractivity contribution in [1.29, 1.82) is 0 Å². The largest absolute Gasteiger partial charge is 0.496 e. The summed E-state index contributed by atoms with van der Waals surface area (Å²) in [7, 11) is 0.730. The SMILES string of the molecule is COc1cc(CS(=O)C(C)(C)C)ccc1CN. The van der Waals surface area contributed by atoms with Gasteiger partial charge in [0.2, 0.25) is 0 Å². The zero-order valence-corrected chi connectivity index (χ0v) is 11.8. The van der Waals surface area contributed by atoms with Crippen molar-refractivity contribution in [3.05, 3.63) is 29.3 Å². The number of benzene rings is 1. The predicted octanol–water partition coefficient (Wildman–Crippen LogP) is 2.20. The Morgan fingerprint density at radius 2 is 2.00 bits per heavy atom. The lowest BCUT2D eigenvalue weighted by molar-refractivity contribution is 0.409. The highest BCUT2D eigenvalue weighted by Gasteiger charge is 2.19. The molecule has 1 aromatic carbocycles. The molecule has 0 saturated heterocycles. The molecule has 0 heterocycles. The maximum absolute atomic E-state index is 12.0. The van der Waals surface area contributed by atoms with E-state index < -0.39 is 10.8 Å². The summed E-state index contributed by atoms with van der Waals surface area (Å²) in [6.45, 7) is 6.39. The van der Waals surface area contributed by atoms with Crippen molar-refractivity contribution in [2.45, 2.75) is 37.8 Å². The van der Waals surface area contributed by atoms with Crippen LogP contribution in [0.5, 0.6) is 5.75 Å². The van der Waals surface area contributed by atoms with Gasteiger partial charge >= 0.3 is 0 Å². The molecule has 1 aromatic rings. The standard InChI is InChI=1S/C13H21NO2S/c1-13(2,3)17(15)9-10-5-6-11(8-14)12(7-10)16-4/h5-7H,8-9,14H2,1-4H3. The van der Waals surface area contributed by atoms with E-state index in [2.05, 4.69) is 0 Å². The Labute approximate surface area is 106 Å². The normalized spacial score (nSPS) is 13.5. The fraction of sp³-hybridized carbons (Fsp3) is 0.538. The first-order valence-corrected chi connectivity index (χ1v) is 6.94. The number of hydrogen-bond acceptors (Lipinski definition) is 3. The van der Waals surface area contributed by atoms with Gasteiger partial charge in [0, 0.05) is 33.4 Å². The Bertz CT molecular complexity index is 410. The van der Waals surface area contributed by atoms with E-state index in [-0.39, 0.29) is 4.75 Å². The summed E-state index contributed by atoms with van der Waals surface area (Å²) in [4.78, 5) is 0. The minimum absolute atomic E-state index is 0.195. The summed E-state index contributed by atoms with van der Waals surface area (Å²) < 4.78 is 17.1. The summed E-state index contributed by atoms with van der Waals surface area (Å²) in [5, 5.41) is 0. The third kappa shape index (κ3) is 3.82. The quantitative estimate of drug-likeness (QED) is 0.897. The average molecular weight is 255 g/mol. The van der Waals surface area contributed by atoms with Gasteiger partial charge in [-0.2, -0.15) is 0 Å². The minimum atomic E-state index is -0.894. The Morgan fingerprint density at radius 3 is 2.47 bits per heavy atom. The van der Waals surface area contributed by atoms with Gasteiger partial charge < -0.3 is 10.5 Å². The zero-order chi connectivity index (χ0) is 13.1. The van der Waals surface area contributed by atoms with Crippen LogP contribution in [0.2, 0.25) is 0 Å². The van der Waals surface area contributed by atoms with Crippen LogP contribution in [0.3, 0.4) is 0 Å². The van der Waals surface area contributed by atoms with E-state index in [4.69, 9.17) is 10.5 Å². The van der Waals surface area contributed by atoms with Crippen LogP contribution >= 0.6 is 0 Å². The number of methoxy groups -OCH3 is 1. The Morgan fingerprint density at radius 1 is 1.35 bits per heavy atom. The fourth-order valence-electron chi connectivity index (χ4n) is 1.42. The average Bonchev–Trinajstić information content (AvgIpc) is 2.27. The molecule has 4 heteroatoms. The van der Waals surface area contributed by atoms with Gasteiger partial charge in [-0.05, 0) is 32.4 Å². The number of ether oxygens (including phenoxy) is 1. The van der Waals surface area contributed by atoms with Crippen LogP contribution in [0.25, 0.3) is 0 Å². The van der Waals surface area contributed by atoms with E-state index >= 15 is 0 Å². The number of nitrogens with two attached hydrogens (primary N) is 1. The fourth-order valence-corrected chi connectivity index (χ4v) is 2.33.